The summed E-state index contributed by atoms with van der Waals surface area (Å²) in [5.74, 6) is 0. The molecule has 5 nitrogen and oxygen atoms in total. The van der Waals surface area contributed by atoms with Gasteiger partial charge in [0.25, 0.3) is 5.69 Å². The number of aryl methyl sites for hydroxylation is 1. The number of nitro groups is 1. The van der Waals surface area contributed by atoms with Crippen molar-refractivity contribution in [1.29, 1.82) is 0 Å². The van der Waals surface area contributed by atoms with Gasteiger partial charge in [0.2, 0.25) is 0 Å². The molecule has 0 aromatic heterocycles. The molecule has 1 heterocycles. The summed E-state index contributed by atoms with van der Waals surface area (Å²) in [6, 6.07) is 4.74. The van der Waals surface area contributed by atoms with Crippen LogP contribution in [0, 0.1) is 17.0 Å². The number of nitrogens with zero attached hydrogens (tertiary/aromatic N) is 1. The normalized spacial score (nSPS) is 24.6. The molecule has 2 rings (SSSR count). The number of ether oxygens (including phenoxy) is 1. The second-order valence-electron chi connectivity index (χ2n) is 4.34. The van der Waals surface area contributed by atoms with Gasteiger partial charge in [-0.25, -0.2) is 0 Å². The third-order valence-electron chi connectivity index (χ3n) is 3.08. The fourth-order valence-electron chi connectivity index (χ4n) is 2.08. The zero-order chi connectivity index (χ0) is 12.4. The van der Waals surface area contributed by atoms with Crippen molar-refractivity contribution in [2.75, 3.05) is 6.61 Å². The first-order valence-corrected chi connectivity index (χ1v) is 5.62. The molecular formula is C12H15NO4. The lowest BCUT2D eigenvalue weighted by Gasteiger charge is -2.27. The van der Waals surface area contributed by atoms with E-state index in [4.69, 9.17) is 4.74 Å². The van der Waals surface area contributed by atoms with Crippen molar-refractivity contribution in [3.63, 3.8) is 0 Å². The highest BCUT2D eigenvalue weighted by Crippen LogP contribution is 2.32. The van der Waals surface area contributed by atoms with Crippen molar-refractivity contribution in [3.8, 4) is 0 Å². The van der Waals surface area contributed by atoms with Crippen LogP contribution < -0.4 is 0 Å². The van der Waals surface area contributed by atoms with E-state index in [0.29, 0.717) is 19.4 Å². The smallest absolute Gasteiger partial charge is 0.269 e. The van der Waals surface area contributed by atoms with Gasteiger partial charge in [0, 0.05) is 25.2 Å². The zero-order valence-electron chi connectivity index (χ0n) is 9.63. The Bertz CT molecular complexity index is 433. The number of nitro benzene ring substituents is 1. The number of benzene rings is 1. The minimum atomic E-state index is -0.414. The molecule has 0 spiro atoms. The van der Waals surface area contributed by atoms with Gasteiger partial charge in [-0.1, -0.05) is 6.07 Å². The molecule has 0 bridgehead atoms. The van der Waals surface area contributed by atoms with Crippen LogP contribution in [0.2, 0.25) is 0 Å². The number of hydrogen-bond donors (Lipinski definition) is 1. The molecule has 1 aliphatic rings. The van der Waals surface area contributed by atoms with Crippen molar-refractivity contribution in [2.24, 2.45) is 0 Å². The average Bonchev–Trinajstić information content (AvgIpc) is 2.29. The molecule has 1 fully saturated rings. The summed E-state index contributed by atoms with van der Waals surface area (Å²) in [5.41, 5.74) is 1.82. The number of aliphatic hydroxyl groups excluding tert-OH is 1. The predicted octanol–water partition coefficient (Wildman–Crippen LogP) is 2.12. The van der Waals surface area contributed by atoms with Crippen LogP contribution in [0.5, 0.6) is 0 Å². The standard InChI is InChI=1S/C12H15NO4/c1-8-2-3-9(13(15)16)6-11(8)12-7-10(14)4-5-17-12/h2-3,6,10,12,14H,4-5,7H2,1H3. The molecule has 1 aliphatic heterocycles. The maximum Gasteiger partial charge on any atom is 0.269 e. The van der Waals surface area contributed by atoms with E-state index in [1.165, 1.54) is 12.1 Å². The summed E-state index contributed by atoms with van der Waals surface area (Å²) >= 11 is 0. The van der Waals surface area contributed by atoms with Gasteiger partial charge in [-0.15, -0.1) is 0 Å². The fourth-order valence-corrected chi connectivity index (χ4v) is 2.08. The molecule has 1 aromatic rings. The maximum atomic E-state index is 10.7. The van der Waals surface area contributed by atoms with E-state index >= 15 is 0 Å². The number of hydrogen-bond acceptors (Lipinski definition) is 4. The van der Waals surface area contributed by atoms with E-state index in [2.05, 4.69) is 0 Å². The number of aliphatic hydroxyl groups is 1. The van der Waals surface area contributed by atoms with Crippen LogP contribution >= 0.6 is 0 Å². The Morgan fingerprint density at radius 1 is 1.53 bits per heavy atom. The van der Waals surface area contributed by atoms with Gasteiger partial charge in [-0.05, 0) is 24.5 Å². The Balaban J connectivity index is 2.29. The maximum absolute atomic E-state index is 10.7. The fraction of sp³-hybridized carbons (Fsp3) is 0.500. The van der Waals surface area contributed by atoms with Crippen LogP contribution in [-0.4, -0.2) is 22.7 Å². The molecule has 0 saturated carbocycles. The van der Waals surface area contributed by atoms with Crippen molar-refractivity contribution < 1.29 is 14.8 Å². The topological polar surface area (TPSA) is 72.6 Å². The quantitative estimate of drug-likeness (QED) is 0.631. The zero-order valence-corrected chi connectivity index (χ0v) is 9.63. The molecule has 2 atom stereocenters. The van der Waals surface area contributed by atoms with Gasteiger partial charge in [0.1, 0.15) is 0 Å². The molecule has 2 unspecified atom stereocenters. The van der Waals surface area contributed by atoms with E-state index in [1.807, 2.05) is 6.92 Å². The van der Waals surface area contributed by atoms with E-state index in [9.17, 15) is 15.2 Å². The molecule has 92 valence electrons. The first-order valence-electron chi connectivity index (χ1n) is 5.62. The van der Waals surface area contributed by atoms with Crippen molar-refractivity contribution in [1.82, 2.24) is 0 Å². The van der Waals surface area contributed by atoms with Crippen LogP contribution in [0.3, 0.4) is 0 Å². The summed E-state index contributed by atoms with van der Waals surface area (Å²) in [6.45, 7) is 2.39. The van der Waals surface area contributed by atoms with Crippen molar-refractivity contribution in [2.45, 2.75) is 32.0 Å². The highest BCUT2D eigenvalue weighted by atomic mass is 16.6. The third kappa shape index (κ3) is 2.62. The van der Waals surface area contributed by atoms with Crippen LogP contribution in [0.25, 0.3) is 0 Å². The highest BCUT2D eigenvalue weighted by molar-refractivity contribution is 5.40. The molecule has 0 amide bonds. The lowest BCUT2D eigenvalue weighted by atomic mass is 9.95. The van der Waals surface area contributed by atoms with Crippen LogP contribution in [-0.2, 0) is 4.74 Å². The van der Waals surface area contributed by atoms with Crippen molar-refractivity contribution >= 4 is 5.69 Å². The molecular weight excluding hydrogens is 222 g/mol. The molecule has 1 aromatic carbocycles. The SMILES string of the molecule is Cc1ccc([N+](=O)[O-])cc1C1CC(O)CCO1. The summed E-state index contributed by atoms with van der Waals surface area (Å²) in [4.78, 5) is 10.3. The Morgan fingerprint density at radius 3 is 2.94 bits per heavy atom. The second kappa shape index (κ2) is 4.81. The lowest BCUT2D eigenvalue weighted by molar-refractivity contribution is -0.385. The predicted molar refractivity (Wildman–Crippen MR) is 61.8 cm³/mol. The monoisotopic (exact) mass is 237 g/mol. The number of non-ortho nitro benzene ring substituents is 1. The molecule has 17 heavy (non-hydrogen) atoms. The second-order valence-corrected chi connectivity index (χ2v) is 4.34. The van der Waals surface area contributed by atoms with Gasteiger partial charge in [-0.2, -0.15) is 0 Å². The Morgan fingerprint density at radius 2 is 2.29 bits per heavy atom. The van der Waals surface area contributed by atoms with E-state index in [0.717, 1.165) is 11.1 Å². The first kappa shape index (κ1) is 12.0. The van der Waals surface area contributed by atoms with Crippen LogP contribution in [0.4, 0.5) is 5.69 Å². The summed E-state index contributed by atoms with van der Waals surface area (Å²) in [6.07, 6.45) is 0.512. The minimum Gasteiger partial charge on any atom is -0.393 e. The van der Waals surface area contributed by atoms with Gasteiger partial charge < -0.3 is 9.84 Å². The molecule has 1 saturated heterocycles. The van der Waals surface area contributed by atoms with Gasteiger partial charge in [0.15, 0.2) is 0 Å². The van der Waals surface area contributed by atoms with Crippen LogP contribution in [0.15, 0.2) is 18.2 Å². The first-order chi connectivity index (χ1) is 8.08. The average molecular weight is 237 g/mol. The molecule has 0 radical (unpaired) electrons. The minimum absolute atomic E-state index is 0.0641. The lowest BCUT2D eigenvalue weighted by Crippen LogP contribution is -2.23. The Labute approximate surface area is 99.2 Å². The largest absolute Gasteiger partial charge is 0.393 e. The summed E-state index contributed by atoms with van der Waals surface area (Å²) in [7, 11) is 0. The van der Waals surface area contributed by atoms with Gasteiger partial charge >= 0.3 is 0 Å². The summed E-state index contributed by atoms with van der Waals surface area (Å²) in [5, 5.41) is 20.3. The van der Waals surface area contributed by atoms with Gasteiger partial charge in [0.05, 0.1) is 17.1 Å². The molecule has 1 N–H and O–H groups in total. The molecule has 0 aliphatic carbocycles. The van der Waals surface area contributed by atoms with Crippen LogP contribution in [0.1, 0.15) is 30.1 Å². The highest BCUT2D eigenvalue weighted by Gasteiger charge is 2.24. The molecule has 5 heteroatoms. The Hall–Kier alpha value is -1.46. The van der Waals surface area contributed by atoms with E-state index < -0.39 is 4.92 Å². The Kier molecular flexibility index (Phi) is 3.40. The van der Waals surface area contributed by atoms with Gasteiger partial charge in [-0.3, -0.25) is 10.1 Å². The summed E-state index contributed by atoms with van der Waals surface area (Å²) < 4.78 is 5.57. The van der Waals surface area contributed by atoms with E-state index in [-0.39, 0.29) is 17.9 Å². The third-order valence-corrected chi connectivity index (χ3v) is 3.08. The van der Waals surface area contributed by atoms with Crippen molar-refractivity contribution in [3.05, 3.63) is 39.4 Å². The van der Waals surface area contributed by atoms with E-state index in [1.54, 1.807) is 6.07 Å². The number of rotatable bonds is 2.